The summed E-state index contributed by atoms with van der Waals surface area (Å²) < 4.78 is 6.12. The Balaban J connectivity index is 1.45. The van der Waals surface area contributed by atoms with E-state index >= 15 is 0 Å². The molecular weight excluding hydrogens is 458 g/mol. The van der Waals surface area contributed by atoms with Gasteiger partial charge in [-0.2, -0.15) is 0 Å². The third-order valence-corrected chi connectivity index (χ3v) is 8.41. The average Bonchev–Trinajstić information content (AvgIpc) is 2.93. The standard InChI is InChI=1S/C33H33NO3/c1-21-30(33(36)37-25-15-6-3-7-16-25)31(27-18-10-14-23-13-8-9-17-26(23)27)32-28(34-21)19-24(20-29(32)35)22-11-4-2-5-12-22/h2,4-5,8-14,17-18,24-25,30-31H,3,6-7,15-16,19-20H2,1H3/t24-,30?,31-/m0/s1. The largest absolute Gasteiger partial charge is 0.462 e. The summed E-state index contributed by atoms with van der Waals surface area (Å²) >= 11 is 0. The molecule has 1 aliphatic heterocycles. The average molecular weight is 492 g/mol. The van der Waals surface area contributed by atoms with Gasteiger partial charge in [-0.1, -0.05) is 79.2 Å². The Labute approximate surface area is 218 Å². The number of hydrogen-bond acceptors (Lipinski definition) is 4. The molecule has 37 heavy (non-hydrogen) atoms. The summed E-state index contributed by atoms with van der Waals surface area (Å²) in [5, 5.41) is 2.18. The zero-order valence-corrected chi connectivity index (χ0v) is 21.4. The number of benzene rings is 3. The Morgan fingerprint density at radius 3 is 2.41 bits per heavy atom. The first-order chi connectivity index (χ1) is 18.1. The maximum atomic E-state index is 13.9. The van der Waals surface area contributed by atoms with Gasteiger partial charge in [-0.25, -0.2) is 0 Å². The van der Waals surface area contributed by atoms with Gasteiger partial charge in [-0.05, 0) is 66.8 Å². The molecule has 0 amide bonds. The van der Waals surface area contributed by atoms with Crippen LogP contribution in [0, 0.1) is 5.92 Å². The lowest BCUT2D eigenvalue weighted by molar-refractivity contribution is -0.153. The van der Waals surface area contributed by atoms with Crippen molar-refractivity contribution in [2.45, 2.75) is 69.8 Å². The third kappa shape index (κ3) is 4.54. The number of nitrogens with zero attached hydrogens (tertiary/aromatic N) is 1. The number of ketones is 1. The minimum absolute atomic E-state index is 0.0397. The molecular formula is C33H33NO3. The smallest absolute Gasteiger partial charge is 0.315 e. The van der Waals surface area contributed by atoms with Crippen molar-refractivity contribution in [3.63, 3.8) is 0 Å². The molecule has 3 atom stereocenters. The van der Waals surface area contributed by atoms with Crippen molar-refractivity contribution in [3.05, 3.63) is 95.2 Å². The highest BCUT2D eigenvalue weighted by molar-refractivity contribution is 6.10. The van der Waals surface area contributed by atoms with Crippen molar-refractivity contribution in [1.29, 1.82) is 0 Å². The fourth-order valence-electron chi connectivity index (χ4n) is 6.60. The lowest BCUT2D eigenvalue weighted by Crippen LogP contribution is -2.39. The van der Waals surface area contributed by atoms with Crippen LogP contribution in [-0.2, 0) is 14.3 Å². The van der Waals surface area contributed by atoms with Gasteiger partial charge in [-0.15, -0.1) is 0 Å². The second kappa shape index (κ2) is 10.1. The maximum absolute atomic E-state index is 13.9. The van der Waals surface area contributed by atoms with Crippen molar-refractivity contribution >= 4 is 28.2 Å². The lowest BCUT2D eigenvalue weighted by atomic mass is 9.68. The minimum Gasteiger partial charge on any atom is -0.462 e. The fourth-order valence-corrected chi connectivity index (χ4v) is 6.60. The van der Waals surface area contributed by atoms with Gasteiger partial charge in [0.1, 0.15) is 12.0 Å². The van der Waals surface area contributed by atoms with E-state index in [4.69, 9.17) is 9.73 Å². The number of hydrogen-bond donors (Lipinski definition) is 0. The molecule has 4 heteroatoms. The molecule has 3 aromatic rings. The topological polar surface area (TPSA) is 55.7 Å². The Kier molecular flexibility index (Phi) is 6.50. The number of carbonyl (C=O) groups is 2. The van der Waals surface area contributed by atoms with E-state index in [1.807, 2.05) is 43.3 Å². The van der Waals surface area contributed by atoms with E-state index < -0.39 is 5.92 Å². The highest BCUT2D eigenvalue weighted by Gasteiger charge is 2.45. The van der Waals surface area contributed by atoms with Gasteiger partial charge in [0.2, 0.25) is 0 Å². The van der Waals surface area contributed by atoms with E-state index in [2.05, 4.69) is 36.4 Å². The highest BCUT2D eigenvalue weighted by Crippen LogP contribution is 2.48. The molecule has 188 valence electrons. The van der Waals surface area contributed by atoms with E-state index in [1.54, 1.807) is 0 Å². The van der Waals surface area contributed by atoms with E-state index in [9.17, 15) is 9.59 Å². The SMILES string of the molecule is CC1=NC2=C(C(=O)C[C@@H](c3ccccc3)C2)[C@@H](c2cccc3ccccc23)C1C(=O)OC1CCCCC1. The first-order valence-electron chi connectivity index (χ1n) is 13.6. The molecule has 6 rings (SSSR count). The van der Waals surface area contributed by atoms with Crippen LogP contribution in [0.15, 0.2) is 89.1 Å². The van der Waals surface area contributed by atoms with Crippen LogP contribution in [0.1, 0.15) is 74.8 Å². The maximum Gasteiger partial charge on any atom is 0.315 e. The molecule has 1 fully saturated rings. The number of esters is 1. The molecule has 2 aliphatic carbocycles. The van der Waals surface area contributed by atoms with Gasteiger partial charge in [-0.3, -0.25) is 14.6 Å². The van der Waals surface area contributed by atoms with Crippen LogP contribution >= 0.6 is 0 Å². The predicted octanol–water partition coefficient (Wildman–Crippen LogP) is 7.29. The monoisotopic (exact) mass is 491 g/mol. The second-order valence-corrected chi connectivity index (χ2v) is 10.8. The first-order valence-corrected chi connectivity index (χ1v) is 13.6. The summed E-state index contributed by atoms with van der Waals surface area (Å²) in [5.74, 6) is -1.03. The van der Waals surface area contributed by atoms with Crippen LogP contribution in [0.5, 0.6) is 0 Å². The second-order valence-electron chi connectivity index (χ2n) is 10.8. The Morgan fingerprint density at radius 2 is 1.59 bits per heavy atom. The molecule has 0 aromatic heterocycles. The third-order valence-electron chi connectivity index (χ3n) is 8.41. The predicted molar refractivity (Wildman–Crippen MR) is 147 cm³/mol. The highest BCUT2D eigenvalue weighted by atomic mass is 16.5. The van der Waals surface area contributed by atoms with E-state index in [-0.39, 0.29) is 29.7 Å². The Morgan fingerprint density at radius 1 is 0.865 bits per heavy atom. The molecule has 4 nitrogen and oxygen atoms in total. The van der Waals surface area contributed by atoms with Crippen LogP contribution in [0.3, 0.4) is 0 Å². The number of allylic oxidation sites excluding steroid dienone is 2. The molecule has 3 aliphatic rings. The van der Waals surface area contributed by atoms with E-state index in [1.165, 1.54) is 6.42 Å². The van der Waals surface area contributed by atoms with Crippen molar-refractivity contribution < 1.29 is 14.3 Å². The van der Waals surface area contributed by atoms with Gasteiger partial charge in [0.05, 0.1) is 0 Å². The molecule has 0 saturated heterocycles. The van der Waals surface area contributed by atoms with Crippen molar-refractivity contribution in [2.24, 2.45) is 10.9 Å². The summed E-state index contributed by atoms with van der Waals surface area (Å²) in [5.41, 5.74) is 4.47. The number of Topliss-reactive ketones (excluding diaryl/α,β-unsaturated/α-hetero) is 1. The quantitative estimate of drug-likeness (QED) is 0.360. The Bertz CT molecular complexity index is 1390. The van der Waals surface area contributed by atoms with Crippen molar-refractivity contribution in [3.8, 4) is 0 Å². The summed E-state index contributed by atoms with van der Waals surface area (Å²) in [7, 11) is 0. The molecule has 3 aromatic carbocycles. The Hall–Kier alpha value is -3.53. The van der Waals surface area contributed by atoms with Crippen molar-refractivity contribution in [2.75, 3.05) is 0 Å². The van der Waals surface area contributed by atoms with Crippen LogP contribution in [0.2, 0.25) is 0 Å². The zero-order valence-electron chi connectivity index (χ0n) is 21.4. The summed E-state index contributed by atoms with van der Waals surface area (Å²) in [6, 6.07) is 24.6. The summed E-state index contributed by atoms with van der Waals surface area (Å²) in [6.07, 6.45) is 6.32. The van der Waals surface area contributed by atoms with Gasteiger partial charge >= 0.3 is 5.97 Å². The normalized spacial score (nSPS) is 24.5. The molecule has 0 radical (unpaired) electrons. The van der Waals surface area contributed by atoms with Gasteiger partial charge in [0.15, 0.2) is 5.78 Å². The molecule has 1 saturated carbocycles. The van der Waals surface area contributed by atoms with Gasteiger partial charge < -0.3 is 4.74 Å². The molecule has 1 unspecified atom stereocenters. The molecule has 0 bridgehead atoms. The first kappa shape index (κ1) is 23.8. The lowest BCUT2D eigenvalue weighted by Gasteiger charge is -2.37. The van der Waals surface area contributed by atoms with Gasteiger partial charge in [0, 0.05) is 29.3 Å². The fraction of sp³-hybridized carbons (Fsp3) is 0.364. The number of ether oxygens (including phenoxy) is 1. The van der Waals surface area contributed by atoms with Crippen LogP contribution in [-0.4, -0.2) is 23.6 Å². The molecule has 1 heterocycles. The molecule has 0 N–H and O–H groups in total. The molecule has 0 spiro atoms. The number of rotatable bonds is 4. The number of carbonyl (C=O) groups excluding carboxylic acids is 2. The zero-order chi connectivity index (χ0) is 25.4. The van der Waals surface area contributed by atoms with Crippen molar-refractivity contribution in [1.82, 2.24) is 0 Å². The van der Waals surface area contributed by atoms with Crippen LogP contribution in [0.25, 0.3) is 10.8 Å². The minimum atomic E-state index is -0.594. The van der Waals surface area contributed by atoms with E-state index in [0.29, 0.717) is 18.4 Å². The van der Waals surface area contributed by atoms with E-state index in [0.717, 1.165) is 59.0 Å². The van der Waals surface area contributed by atoms with Crippen LogP contribution < -0.4 is 0 Å². The van der Waals surface area contributed by atoms with Gasteiger partial charge in [0.25, 0.3) is 0 Å². The number of fused-ring (bicyclic) bond motifs is 1. The number of aliphatic imine (C=N–C) groups is 1. The van der Waals surface area contributed by atoms with Crippen LogP contribution in [0.4, 0.5) is 0 Å². The summed E-state index contributed by atoms with van der Waals surface area (Å²) in [6.45, 7) is 1.94. The summed E-state index contributed by atoms with van der Waals surface area (Å²) in [4.78, 5) is 32.7.